The molecule has 0 fully saturated rings. The van der Waals surface area contributed by atoms with Gasteiger partial charge in [0.2, 0.25) is 6.79 Å². The molecular formula is C26H20FNO5. The topological polar surface area (TPSA) is 76.1 Å². The van der Waals surface area contributed by atoms with E-state index in [0.717, 1.165) is 5.56 Å². The van der Waals surface area contributed by atoms with Crippen molar-refractivity contribution in [3.8, 4) is 11.5 Å². The highest BCUT2D eigenvalue weighted by Crippen LogP contribution is 2.43. The van der Waals surface area contributed by atoms with Crippen LogP contribution in [0.15, 0.2) is 72.8 Å². The lowest BCUT2D eigenvalue weighted by Crippen LogP contribution is -2.41. The smallest absolute Gasteiger partial charge is 0.264 e. The van der Waals surface area contributed by atoms with Crippen LogP contribution in [0.2, 0.25) is 0 Å². The number of carbonyl (C=O) groups excluding carboxylic acids is 2. The molecule has 0 saturated carbocycles. The fourth-order valence-corrected chi connectivity index (χ4v) is 4.17. The molecule has 0 spiro atoms. The Hall–Kier alpha value is -3.97. The second-order valence-electron chi connectivity index (χ2n) is 7.99. The van der Waals surface area contributed by atoms with Gasteiger partial charge in [0.15, 0.2) is 22.9 Å². The van der Waals surface area contributed by atoms with Gasteiger partial charge < -0.3 is 19.5 Å². The number of hydrogen-bond acceptors (Lipinski definition) is 5. The van der Waals surface area contributed by atoms with Gasteiger partial charge in [-0.3, -0.25) is 9.59 Å². The molecule has 1 N–H and O–H groups in total. The summed E-state index contributed by atoms with van der Waals surface area (Å²) in [5.74, 6) is -0.203. The minimum Gasteiger partial charge on any atom is -0.454 e. The van der Waals surface area contributed by atoms with Crippen molar-refractivity contribution in [2.45, 2.75) is 18.6 Å². The average Bonchev–Trinajstić information content (AvgIpc) is 3.35. The summed E-state index contributed by atoms with van der Waals surface area (Å²) in [6.07, 6.45) is 2.52. The summed E-state index contributed by atoms with van der Waals surface area (Å²) >= 11 is 0. The van der Waals surface area contributed by atoms with Crippen LogP contribution in [-0.4, -0.2) is 23.6 Å². The van der Waals surface area contributed by atoms with Crippen LogP contribution in [0.1, 0.15) is 23.1 Å². The Bertz CT molecular complexity index is 1290. The number of rotatable bonds is 6. The molecule has 2 heterocycles. The van der Waals surface area contributed by atoms with Crippen molar-refractivity contribution in [3.63, 3.8) is 0 Å². The molecule has 1 amide bonds. The van der Waals surface area contributed by atoms with Crippen LogP contribution in [0, 0.1) is 5.82 Å². The van der Waals surface area contributed by atoms with Gasteiger partial charge in [0.1, 0.15) is 5.82 Å². The molecular weight excluding hydrogens is 425 g/mol. The van der Waals surface area contributed by atoms with Crippen LogP contribution in [0.3, 0.4) is 0 Å². The predicted octanol–water partition coefficient (Wildman–Crippen LogP) is 3.96. The number of nitrogens with zero attached hydrogens (tertiary/aromatic N) is 1. The Balaban J connectivity index is 1.38. The van der Waals surface area contributed by atoms with E-state index in [0.29, 0.717) is 28.3 Å². The van der Waals surface area contributed by atoms with E-state index in [1.165, 1.54) is 23.1 Å². The Morgan fingerprint density at radius 2 is 1.88 bits per heavy atom. The van der Waals surface area contributed by atoms with Crippen LogP contribution < -0.4 is 14.4 Å². The Kier molecular flexibility index (Phi) is 5.18. The van der Waals surface area contributed by atoms with Gasteiger partial charge in [-0.05, 0) is 47.5 Å². The first kappa shape index (κ1) is 20.9. The van der Waals surface area contributed by atoms with E-state index in [1.807, 2.05) is 0 Å². The standard InChI is InChI=1S/C26H20FNO5/c27-19-5-3-4-18(12-19)15-28-22-7-2-1-6-21(22)26(31,25(28)30)14-20(29)10-8-17-9-11-23-24(13-17)33-16-32-23/h1-13,31H,14-16H2/b10-8+/t26-/m0/s1. The number of carbonyl (C=O) groups is 2. The van der Waals surface area contributed by atoms with E-state index in [1.54, 1.807) is 60.7 Å². The van der Waals surface area contributed by atoms with Crippen LogP contribution in [0.5, 0.6) is 11.5 Å². The minimum atomic E-state index is -2.00. The number of amides is 1. The molecule has 166 valence electrons. The summed E-state index contributed by atoms with van der Waals surface area (Å²) in [5, 5.41) is 11.4. The molecule has 6 nitrogen and oxygen atoms in total. The number of allylic oxidation sites excluding steroid dienone is 1. The molecule has 3 aromatic carbocycles. The average molecular weight is 445 g/mol. The van der Waals surface area contributed by atoms with Crippen molar-refractivity contribution in [2.75, 3.05) is 11.7 Å². The third kappa shape index (κ3) is 3.87. The number of halogens is 1. The van der Waals surface area contributed by atoms with E-state index < -0.39 is 29.5 Å². The number of anilines is 1. The van der Waals surface area contributed by atoms with Gasteiger partial charge in [0.05, 0.1) is 18.7 Å². The Morgan fingerprint density at radius 3 is 2.73 bits per heavy atom. The lowest BCUT2D eigenvalue weighted by Gasteiger charge is -2.22. The van der Waals surface area contributed by atoms with Gasteiger partial charge in [0.25, 0.3) is 5.91 Å². The maximum absolute atomic E-state index is 13.6. The summed E-state index contributed by atoms with van der Waals surface area (Å²) in [7, 11) is 0. The lowest BCUT2D eigenvalue weighted by atomic mass is 9.89. The van der Waals surface area contributed by atoms with Crippen LogP contribution >= 0.6 is 0 Å². The molecule has 0 bridgehead atoms. The van der Waals surface area contributed by atoms with Crippen molar-refractivity contribution in [3.05, 3.63) is 95.3 Å². The molecule has 3 aromatic rings. The highest BCUT2D eigenvalue weighted by Gasteiger charge is 2.50. The van der Waals surface area contributed by atoms with Crippen molar-refractivity contribution >= 4 is 23.5 Å². The molecule has 0 aromatic heterocycles. The number of benzene rings is 3. The van der Waals surface area contributed by atoms with Crippen molar-refractivity contribution in [2.24, 2.45) is 0 Å². The summed E-state index contributed by atoms with van der Waals surface area (Å²) in [4.78, 5) is 27.4. The molecule has 0 radical (unpaired) electrons. The maximum atomic E-state index is 13.6. The fourth-order valence-electron chi connectivity index (χ4n) is 4.17. The maximum Gasteiger partial charge on any atom is 0.264 e. The first-order valence-electron chi connectivity index (χ1n) is 10.4. The summed E-state index contributed by atoms with van der Waals surface area (Å²) in [5.41, 5.74) is 0.167. The van der Waals surface area contributed by atoms with E-state index >= 15 is 0 Å². The zero-order valence-electron chi connectivity index (χ0n) is 17.5. The predicted molar refractivity (Wildman–Crippen MR) is 119 cm³/mol. The van der Waals surface area contributed by atoms with Crippen LogP contribution in [-0.2, 0) is 21.7 Å². The van der Waals surface area contributed by atoms with Crippen LogP contribution in [0.25, 0.3) is 6.08 Å². The first-order chi connectivity index (χ1) is 15.9. The summed E-state index contributed by atoms with van der Waals surface area (Å²) in [6.45, 7) is 0.235. The number of fused-ring (bicyclic) bond motifs is 2. The summed E-state index contributed by atoms with van der Waals surface area (Å²) in [6, 6.07) is 18.0. The van der Waals surface area contributed by atoms with Gasteiger partial charge in [-0.15, -0.1) is 0 Å². The third-order valence-electron chi connectivity index (χ3n) is 5.76. The quantitative estimate of drug-likeness (QED) is 0.582. The molecule has 5 rings (SSSR count). The number of ketones is 1. The molecule has 7 heteroatoms. The van der Waals surface area contributed by atoms with Gasteiger partial charge >= 0.3 is 0 Å². The zero-order valence-corrected chi connectivity index (χ0v) is 17.5. The number of ether oxygens (including phenoxy) is 2. The van der Waals surface area contributed by atoms with E-state index in [-0.39, 0.29) is 13.3 Å². The number of para-hydroxylation sites is 1. The largest absolute Gasteiger partial charge is 0.454 e. The molecule has 0 saturated heterocycles. The van der Waals surface area contributed by atoms with E-state index in [9.17, 15) is 19.1 Å². The van der Waals surface area contributed by atoms with E-state index in [4.69, 9.17) is 9.47 Å². The highest BCUT2D eigenvalue weighted by atomic mass is 19.1. The van der Waals surface area contributed by atoms with Crippen molar-refractivity contribution in [1.82, 2.24) is 0 Å². The fraction of sp³-hybridized carbons (Fsp3) is 0.154. The van der Waals surface area contributed by atoms with Crippen molar-refractivity contribution < 1.29 is 28.6 Å². The lowest BCUT2D eigenvalue weighted by molar-refractivity contribution is -0.140. The summed E-state index contributed by atoms with van der Waals surface area (Å²) < 4.78 is 24.2. The van der Waals surface area contributed by atoms with Gasteiger partial charge in [-0.2, -0.15) is 0 Å². The minimum absolute atomic E-state index is 0.0805. The zero-order chi connectivity index (χ0) is 23.0. The molecule has 2 aliphatic rings. The molecule has 33 heavy (non-hydrogen) atoms. The van der Waals surface area contributed by atoms with Crippen molar-refractivity contribution in [1.29, 1.82) is 0 Å². The number of aliphatic hydroxyl groups is 1. The second-order valence-corrected chi connectivity index (χ2v) is 7.99. The Morgan fingerprint density at radius 1 is 1.06 bits per heavy atom. The monoisotopic (exact) mass is 445 g/mol. The van der Waals surface area contributed by atoms with Gasteiger partial charge in [-0.25, -0.2) is 4.39 Å². The van der Waals surface area contributed by atoms with Gasteiger partial charge in [-0.1, -0.05) is 42.5 Å². The normalized spacial score (nSPS) is 18.7. The van der Waals surface area contributed by atoms with Crippen LogP contribution in [0.4, 0.5) is 10.1 Å². The molecule has 0 aliphatic carbocycles. The molecule has 1 atom stereocenters. The number of hydrogen-bond donors (Lipinski definition) is 1. The second kappa shape index (κ2) is 8.18. The molecule has 0 unspecified atom stereocenters. The SMILES string of the molecule is O=C(/C=C/c1ccc2c(c1)OCO2)C[C@@]1(O)C(=O)N(Cc2cccc(F)c2)c2ccccc21. The van der Waals surface area contributed by atoms with E-state index in [2.05, 4.69) is 0 Å². The molecule has 2 aliphatic heterocycles. The Labute approximate surface area is 189 Å². The highest BCUT2D eigenvalue weighted by molar-refractivity contribution is 6.10. The first-order valence-corrected chi connectivity index (χ1v) is 10.4. The van der Waals surface area contributed by atoms with Gasteiger partial charge in [0, 0.05) is 5.56 Å². The third-order valence-corrected chi connectivity index (χ3v) is 5.76.